The maximum absolute atomic E-state index is 12.8. The third-order valence-corrected chi connectivity index (χ3v) is 3.70. The molecule has 0 saturated carbocycles. The molecule has 0 fully saturated rings. The van der Waals surface area contributed by atoms with Crippen LogP contribution in [-0.4, -0.2) is 29.6 Å². The zero-order valence-corrected chi connectivity index (χ0v) is 12.9. The number of nitrogens with zero attached hydrogens (tertiary/aromatic N) is 2. The van der Waals surface area contributed by atoms with E-state index in [1.54, 1.807) is 0 Å². The summed E-state index contributed by atoms with van der Waals surface area (Å²) in [6.45, 7) is 0.533. The Labute approximate surface area is 138 Å². The molecule has 1 amide bonds. The number of nitrogens with two attached hydrogens (primary N) is 1. The highest BCUT2D eigenvalue weighted by Gasteiger charge is 2.16. The quantitative estimate of drug-likeness (QED) is 0.823. The number of halogens is 1. The number of carbonyl (C=O) groups is 1. The number of hydrogen-bond acceptors (Lipinski definition) is 5. The van der Waals surface area contributed by atoms with Gasteiger partial charge in [-0.25, -0.2) is 9.98 Å². The zero-order valence-electron chi connectivity index (χ0n) is 12.9. The van der Waals surface area contributed by atoms with E-state index in [-0.39, 0.29) is 18.0 Å². The van der Waals surface area contributed by atoms with Crippen LogP contribution >= 0.6 is 0 Å². The van der Waals surface area contributed by atoms with E-state index in [2.05, 4.69) is 15.3 Å². The number of benzene rings is 1. The summed E-state index contributed by atoms with van der Waals surface area (Å²) in [7, 11) is 0. The number of rotatable bonds is 5. The van der Waals surface area contributed by atoms with Crippen LogP contribution in [0.2, 0.25) is 0 Å². The van der Waals surface area contributed by atoms with Crippen molar-refractivity contribution in [2.75, 3.05) is 11.9 Å². The fourth-order valence-corrected chi connectivity index (χ4v) is 2.39. The second-order valence-corrected chi connectivity index (χ2v) is 5.49. The third-order valence-electron chi connectivity index (χ3n) is 3.70. The van der Waals surface area contributed by atoms with E-state index < -0.39 is 5.95 Å². The number of aliphatic imine (C=N–C) groups is 1. The Kier molecular flexibility index (Phi) is 4.69. The third kappa shape index (κ3) is 4.07. The minimum atomic E-state index is -0.616. The summed E-state index contributed by atoms with van der Waals surface area (Å²) >= 11 is 0. The molecule has 7 heteroatoms. The maximum atomic E-state index is 12.8. The van der Waals surface area contributed by atoms with Gasteiger partial charge in [0.25, 0.3) is 11.9 Å². The zero-order chi connectivity index (χ0) is 16.9. The van der Waals surface area contributed by atoms with E-state index in [0.717, 1.165) is 24.5 Å². The predicted molar refractivity (Wildman–Crippen MR) is 88.3 cm³/mol. The van der Waals surface area contributed by atoms with Gasteiger partial charge in [0, 0.05) is 11.9 Å². The number of amides is 1. The monoisotopic (exact) mass is 328 g/mol. The van der Waals surface area contributed by atoms with Crippen molar-refractivity contribution in [1.29, 1.82) is 0 Å². The lowest BCUT2D eigenvalue weighted by Gasteiger charge is -2.08. The lowest BCUT2D eigenvalue weighted by Crippen LogP contribution is -2.12. The SMILES string of the molecule is NC1=NC(CCc2ccc(NC(=O)c3ccc(F)nc3)cc2)CO1. The second-order valence-electron chi connectivity index (χ2n) is 5.49. The fourth-order valence-electron chi connectivity index (χ4n) is 2.39. The number of nitrogens with one attached hydrogen (secondary N) is 1. The Balaban J connectivity index is 1.54. The Morgan fingerprint density at radius 1 is 1.29 bits per heavy atom. The van der Waals surface area contributed by atoms with E-state index in [4.69, 9.17) is 10.5 Å². The van der Waals surface area contributed by atoms with Gasteiger partial charge in [0.05, 0.1) is 11.6 Å². The topological polar surface area (TPSA) is 89.6 Å². The van der Waals surface area contributed by atoms with Crippen LogP contribution in [-0.2, 0) is 11.2 Å². The van der Waals surface area contributed by atoms with Crippen LogP contribution in [0, 0.1) is 5.95 Å². The largest absolute Gasteiger partial charge is 0.463 e. The molecule has 0 saturated heterocycles. The van der Waals surface area contributed by atoms with Crippen LogP contribution in [0.5, 0.6) is 0 Å². The molecule has 24 heavy (non-hydrogen) atoms. The van der Waals surface area contributed by atoms with Crippen LogP contribution in [0.15, 0.2) is 47.6 Å². The van der Waals surface area contributed by atoms with Gasteiger partial charge >= 0.3 is 0 Å². The van der Waals surface area contributed by atoms with Gasteiger partial charge in [0.1, 0.15) is 6.61 Å². The van der Waals surface area contributed by atoms with Crippen molar-refractivity contribution in [2.45, 2.75) is 18.9 Å². The molecule has 1 aliphatic heterocycles. The minimum Gasteiger partial charge on any atom is -0.463 e. The van der Waals surface area contributed by atoms with Gasteiger partial charge in [0.2, 0.25) is 5.95 Å². The highest BCUT2D eigenvalue weighted by Crippen LogP contribution is 2.15. The van der Waals surface area contributed by atoms with Gasteiger partial charge in [-0.05, 0) is 42.7 Å². The second kappa shape index (κ2) is 7.08. The Bertz CT molecular complexity index is 744. The summed E-state index contributed by atoms with van der Waals surface area (Å²) in [5.74, 6) is -0.946. The molecule has 1 aliphatic rings. The highest BCUT2D eigenvalue weighted by atomic mass is 19.1. The van der Waals surface area contributed by atoms with Crippen molar-refractivity contribution in [2.24, 2.45) is 10.7 Å². The summed E-state index contributed by atoms with van der Waals surface area (Å²) in [4.78, 5) is 19.7. The first kappa shape index (κ1) is 15.9. The smallest absolute Gasteiger partial charge is 0.282 e. The van der Waals surface area contributed by atoms with Gasteiger partial charge < -0.3 is 15.8 Å². The first-order valence-electron chi connectivity index (χ1n) is 7.58. The number of ether oxygens (including phenoxy) is 1. The van der Waals surface area contributed by atoms with Gasteiger partial charge in [-0.1, -0.05) is 12.1 Å². The summed E-state index contributed by atoms with van der Waals surface area (Å²) in [6, 6.07) is 10.5. The van der Waals surface area contributed by atoms with Gasteiger partial charge in [-0.3, -0.25) is 4.79 Å². The van der Waals surface area contributed by atoms with Crippen molar-refractivity contribution in [3.8, 4) is 0 Å². The molecule has 0 spiro atoms. The molecule has 6 nitrogen and oxygen atoms in total. The molecule has 1 unspecified atom stereocenters. The van der Waals surface area contributed by atoms with Crippen LogP contribution in [0.1, 0.15) is 22.3 Å². The van der Waals surface area contributed by atoms with Crippen LogP contribution in [0.3, 0.4) is 0 Å². The first-order chi connectivity index (χ1) is 11.6. The van der Waals surface area contributed by atoms with Crippen molar-refractivity contribution < 1.29 is 13.9 Å². The van der Waals surface area contributed by atoms with Crippen LogP contribution in [0.4, 0.5) is 10.1 Å². The van der Waals surface area contributed by atoms with E-state index in [9.17, 15) is 9.18 Å². The molecule has 2 aromatic rings. The van der Waals surface area contributed by atoms with Crippen LogP contribution < -0.4 is 11.1 Å². The Hall–Kier alpha value is -2.96. The van der Waals surface area contributed by atoms with Gasteiger partial charge in [0.15, 0.2) is 0 Å². The van der Waals surface area contributed by atoms with E-state index in [1.807, 2.05) is 24.3 Å². The lowest BCUT2D eigenvalue weighted by molar-refractivity contribution is 0.102. The van der Waals surface area contributed by atoms with Crippen molar-refractivity contribution in [3.63, 3.8) is 0 Å². The lowest BCUT2D eigenvalue weighted by atomic mass is 10.1. The predicted octanol–water partition coefficient (Wildman–Crippen LogP) is 2.12. The molecule has 124 valence electrons. The number of anilines is 1. The summed E-state index contributed by atoms with van der Waals surface area (Å²) in [5.41, 5.74) is 7.58. The van der Waals surface area contributed by atoms with Gasteiger partial charge in [-0.15, -0.1) is 0 Å². The van der Waals surface area contributed by atoms with Crippen molar-refractivity contribution in [1.82, 2.24) is 4.98 Å². The molecule has 3 N–H and O–H groups in total. The minimum absolute atomic E-state index is 0.107. The number of hydrogen-bond donors (Lipinski definition) is 2. The van der Waals surface area contributed by atoms with Crippen molar-refractivity contribution in [3.05, 3.63) is 59.7 Å². The molecule has 3 rings (SSSR count). The van der Waals surface area contributed by atoms with Crippen molar-refractivity contribution >= 4 is 17.6 Å². The standard InChI is InChI=1S/C17H17FN4O2/c18-15-8-4-12(9-20-15)16(23)21-13-5-1-11(2-6-13)3-7-14-10-24-17(19)22-14/h1-2,4-6,8-9,14H,3,7,10H2,(H2,19,22)(H,21,23). The molecule has 0 aliphatic carbocycles. The molecule has 1 aromatic carbocycles. The maximum Gasteiger partial charge on any atom is 0.282 e. The molecule has 0 radical (unpaired) electrons. The fraction of sp³-hybridized carbons (Fsp3) is 0.235. The molecule has 1 atom stereocenters. The Morgan fingerprint density at radius 3 is 2.71 bits per heavy atom. The van der Waals surface area contributed by atoms with Crippen LogP contribution in [0.25, 0.3) is 0 Å². The molecule has 0 bridgehead atoms. The average molecular weight is 328 g/mol. The molecule has 2 heterocycles. The normalized spacial score (nSPS) is 16.4. The highest BCUT2D eigenvalue weighted by molar-refractivity contribution is 6.04. The average Bonchev–Trinajstić information content (AvgIpc) is 3.00. The van der Waals surface area contributed by atoms with Gasteiger partial charge in [-0.2, -0.15) is 4.39 Å². The number of pyridine rings is 1. The summed E-state index contributed by atoms with van der Waals surface area (Å²) < 4.78 is 17.9. The Morgan fingerprint density at radius 2 is 2.08 bits per heavy atom. The number of carbonyl (C=O) groups excluding carboxylic acids is 1. The summed E-state index contributed by atoms with van der Waals surface area (Å²) in [5, 5.41) is 2.75. The molecule has 1 aromatic heterocycles. The van der Waals surface area contributed by atoms with E-state index in [1.165, 1.54) is 12.3 Å². The number of aryl methyl sites for hydroxylation is 1. The van der Waals surface area contributed by atoms with E-state index in [0.29, 0.717) is 17.9 Å². The first-order valence-corrected chi connectivity index (χ1v) is 7.58. The summed E-state index contributed by atoms with van der Waals surface area (Å²) in [6.07, 6.45) is 2.91. The van der Waals surface area contributed by atoms with E-state index >= 15 is 0 Å². The molecular formula is C17H17FN4O2. The molecular weight excluding hydrogens is 311 g/mol. The number of amidine groups is 1. The number of aromatic nitrogens is 1.